The molecule has 24 heavy (non-hydrogen) atoms. The topological polar surface area (TPSA) is 50.5 Å². The molecular formula is C20H19NO3. The molecule has 4 nitrogen and oxygen atoms in total. The van der Waals surface area contributed by atoms with E-state index in [1.807, 2.05) is 37.3 Å². The molecule has 0 aliphatic rings. The fraction of sp³-hybridized carbons (Fsp3) is 0.200. The van der Waals surface area contributed by atoms with Crippen molar-refractivity contribution in [3.05, 3.63) is 76.3 Å². The van der Waals surface area contributed by atoms with Crippen LogP contribution in [0.5, 0.6) is 0 Å². The second-order valence-electron chi connectivity index (χ2n) is 5.51. The van der Waals surface area contributed by atoms with Gasteiger partial charge in [-0.25, -0.2) is 4.79 Å². The molecule has 0 spiro atoms. The summed E-state index contributed by atoms with van der Waals surface area (Å²) in [6.07, 6.45) is 2.11. The first-order chi connectivity index (χ1) is 11.7. The third kappa shape index (κ3) is 2.71. The molecule has 2 aromatic carbocycles. The van der Waals surface area contributed by atoms with Gasteiger partial charge in [0.15, 0.2) is 0 Å². The summed E-state index contributed by atoms with van der Waals surface area (Å²) in [6.45, 7) is 4.53. The van der Waals surface area contributed by atoms with E-state index in [4.69, 9.17) is 4.42 Å². The number of nitrogens with zero attached hydrogens (tertiary/aromatic N) is 1. The number of carbonyl (C=O) groups excluding carboxylic acids is 1. The van der Waals surface area contributed by atoms with Crippen LogP contribution in [0.15, 0.2) is 64.0 Å². The fourth-order valence-electron chi connectivity index (χ4n) is 2.94. The van der Waals surface area contributed by atoms with Crippen molar-refractivity contribution in [2.24, 2.45) is 0 Å². The summed E-state index contributed by atoms with van der Waals surface area (Å²) in [5.74, 6) is -0.168. The molecule has 0 unspecified atom stereocenters. The van der Waals surface area contributed by atoms with E-state index < -0.39 is 5.63 Å². The van der Waals surface area contributed by atoms with Gasteiger partial charge in [0.1, 0.15) is 6.26 Å². The van der Waals surface area contributed by atoms with Gasteiger partial charge in [-0.3, -0.25) is 4.79 Å². The monoisotopic (exact) mass is 321 g/mol. The predicted molar refractivity (Wildman–Crippen MR) is 95.7 cm³/mol. The van der Waals surface area contributed by atoms with Crippen LogP contribution in [0, 0.1) is 0 Å². The average Bonchev–Trinajstić information content (AvgIpc) is 2.63. The molecule has 1 aromatic heterocycles. The summed E-state index contributed by atoms with van der Waals surface area (Å²) < 4.78 is 5.08. The second kappa shape index (κ2) is 6.71. The predicted octanol–water partition coefficient (Wildman–Crippen LogP) is 4.02. The van der Waals surface area contributed by atoms with Crippen molar-refractivity contribution in [2.75, 3.05) is 11.4 Å². The van der Waals surface area contributed by atoms with E-state index in [2.05, 4.69) is 6.92 Å². The zero-order valence-corrected chi connectivity index (χ0v) is 13.8. The van der Waals surface area contributed by atoms with Gasteiger partial charge in [-0.15, -0.1) is 0 Å². The lowest BCUT2D eigenvalue weighted by Crippen LogP contribution is -2.31. The highest BCUT2D eigenvalue weighted by Gasteiger charge is 2.21. The van der Waals surface area contributed by atoms with Gasteiger partial charge in [0.05, 0.1) is 10.9 Å². The summed E-state index contributed by atoms with van der Waals surface area (Å²) in [7, 11) is 0. The molecule has 3 aromatic rings. The third-order valence-corrected chi connectivity index (χ3v) is 4.18. The maximum atomic E-state index is 13.1. The van der Waals surface area contributed by atoms with Gasteiger partial charge in [-0.1, -0.05) is 43.3 Å². The molecule has 0 radical (unpaired) electrons. The fourth-order valence-corrected chi connectivity index (χ4v) is 2.94. The van der Waals surface area contributed by atoms with Crippen LogP contribution in [0.4, 0.5) is 5.69 Å². The highest BCUT2D eigenvalue weighted by Crippen LogP contribution is 2.25. The Balaban J connectivity index is 2.14. The van der Waals surface area contributed by atoms with E-state index in [0.717, 1.165) is 17.7 Å². The quantitative estimate of drug-likeness (QED) is 0.729. The van der Waals surface area contributed by atoms with Crippen molar-refractivity contribution in [1.82, 2.24) is 0 Å². The maximum absolute atomic E-state index is 13.1. The summed E-state index contributed by atoms with van der Waals surface area (Å²) >= 11 is 0. The van der Waals surface area contributed by atoms with Crippen molar-refractivity contribution in [3.8, 4) is 0 Å². The Labute approximate surface area is 140 Å². The first-order valence-corrected chi connectivity index (χ1v) is 8.07. The molecule has 1 heterocycles. The van der Waals surface area contributed by atoms with E-state index in [0.29, 0.717) is 22.9 Å². The highest BCUT2D eigenvalue weighted by molar-refractivity contribution is 6.13. The molecule has 0 atom stereocenters. The minimum atomic E-state index is -0.431. The minimum Gasteiger partial charge on any atom is -0.430 e. The lowest BCUT2D eigenvalue weighted by molar-refractivity contribution is 0.0987. The standard InChI is InChI=1S/C20H19NO3/c1-3-14-9-5-8-12-18(14)21(4-2)19(22)17-13-24-20(23)16-11-7-6-10-15(16)17/h5-13H,3-4H2,1-2H3. The van der Waals surface area contributed by atoms with E-state index in [9.17, 15) is 9.59 Å². The normalized spacial score (nSPS) is 10.8. The van der Waals surface area contributed by atoms with Crippen LogP contribution < -0.4 is 10.5 Å². The Morgan fingerprint density at radius 3 is 2.38 bits per heavy atom. The molecule has 0 saturated carbocycles. The summed E-state index contributed by atoms with van der Waals surface area (Å²) in [5.41, 5.74) is 1.97. The molecule has 0 aliphatic heterocycles. The van der Waals surface area contributed by atoms with Crippen LogP contribution in [-0.4, -0.2) is 12.5 Å². The lowest BCUT2D eigenvalue weighted by Gasteiger charge is -2.24. The van der Waals surface area contributed by atoms with Crippen LogP contribution in [0.25, 0.3) is 10.8 Å². The van der Waals surface area contributed by atoms with Crippen molar-refractivity contribution < 1.29 is 9.21 Å². The van der Waals surface area contributed by atoms with Crippen LogP contribution in [0.2, 0.25) is 0 Å². The molecule has 0 aliphatic carbocycles. The summed E-state index contributed by atoms with van der Waals surface area (Å²) in [4.78, 5) is 26.7. The number of hydrogen-bond donors (Lipinski definition) is 0. The Morgan fingerprint density at radius 1 is 1.00 bits per heavy atom. The van der Waals surface area contributed by atoms with Crippen LogP contribution in [0.1, 0.15) is 29.8 Å². The molecule has 0 bridgehead atoms. The molecule has 122 valence electrons. The van der Waals surface area contributed by atoms with E-state index in [-0.39, 0.29) is 5.91 Å². The lowest BCUT2D eigenvalue weighted by atomic mass is 10.1. The number of benzene rings is 2. The smallest absolute Gasteiger partial charge is 0.343 e. The zero-order chi connectivity index (χ0) is 17.1. The van der Waals surface area contributed by atoms with E-state index in [1.165, 1.54) is 6.26 Å². The van der Waals surface area contributed by atoms with Gasteiger partial charge < -0.3 is 9.32 Å². The molecule has 0 fully saturated rings. The molecule has 0 saturated heterocycles. The first kappa shape index (κ1) is 16.0. The van der Waals surface area contributed by atoms with Crippen LogP contribution in [-0.2, 0) is 6.42 Å². The van der Waals surface area contributed by atoms with Crippen LogP contribution >= 0.6 is 0 Å². The number of aryl methyl sites for hydroxylation is 1. The molecule has 4 heteroatoms. The van der Waals surface area contributed by atoms with Gasteiger partial charge in [0, 0.05) is 17.6 Å². The zero-order valence-electron chi connectivity index (χ0n) is 13.8. The van der Waals surface area contributed by atoms with E-state index in [1.54, 1.807) is 23.1 Å². The number of fused-ring (bicyclic) bond motifs is 1. The van der Waals surface area contributed by atoms with Crippen LogP contribution in [0.3, 0.4) is 0 Å². The first-order valence-electron chi connectivity index (χ1n) is 8.07. The molecule has 0 N–H and O–H groups in total. The van der Waals surface area contributed by atoms with Gasteiger partial charge >= 0.3 is 5.63 Å². The average molecular weight is 321 g/mol. The van der Waals surface area contributed by atoms with Crippen molar-refractivity contribution in [1.29, 1.82) is 0 Å². The van der Waals surface area contributed by atoms with Crippen molar-refractivity contribution in [3.63, 3.8) is 0 Å². The number of hydrogen-bond acceptors (Lipinski definition) is 3. The molecular weight excluding hydrogens is 302 g/mol. The number of amides is 1. The largest absolute Gasteiger partial charge is 0.430 e. The molecule has 1 amide bonds. The summed E-state index contributed by atoms with van der Waals surface area (Å²) in [6, 6.07) is 14.9. The Bertz CT molecular complexity index is 943. The van der Waals surface area contributed by atoms with Crippen molar-refractivity contribution >= 4 is 22.4 Å². The van der Waals surface area contributed by atoms with Gasteiger partial charge in [-0.2, -0.15) is 0 Å². The maximum Gasteiger partial charge on any atom is 0.343 e. The Kier molecular flexibility index (Phi) is 4.47. The Hall–Kier alpha value is -2.88. The number of para-hydroxylation sites is 1. The van der Waals surface area contributed by atoms with Gasteiger partial charge in [-0.05, 0) is 31.0 Å². The summed E-state index contributed by atoms with van der Waals surface area (Å²) in [5, 5.41) is 1.04. The number of carbonyl (C=O) groups is 1. The van der Waals surface area contributed by atoms with E-state index >= 15 is 0 Å². The Morgan fingerprint density at radius 2 is 1.67 bits per heavy atom. The van der Waals surface area contributed by atoms with Crippen molar-refractivity contribution in [2.45, 2.75) is 20.3 Å². The third-order valence-electron chi connectivity index (χ3n) is 4.18. The number of rotatable bonds is 4. The molecule has 3 rings (SSSR count). The minimum absolute atomic E-state index is 0.168. The van der Waals surface area contributed by atoms with Gasteiger partial charge in [0.2, 0.25) is 0 Å². The second-order valence-corrected chi connectivity index (χ2v) is 5.51. The number of anilines is 1. The van der Waals surface area contributed by atoms with Gasteiger partial charge in [0.25, 0.3) is 5.91 Å². The highest BCUT2D eigenvalue weighted by atomic mass is 16.4. The SMILES string of the molecule is CCc1ccccc1N(CC)C(=O)c1coc(=O)c2ccccc12.